The number of nitrogens with zero attached hydrogens (tertiary/aromatic N) is 2. The number of aliphatic imine (C=N–C) groups is 1. The monoisotopic (exact) mass is 230 g/mol. The Hall–Kier alpha value is -2.59. The Balaban J connectivity index is 2.00. The Morgan fingerprint density at radius 3 is 3.00 bits per heavy atom. The molecular formula is C11H6N2O4. The van der Waals surface area contributed by atoms with Gasteiger partial charge in [0.15, 0.2) is 17.3 Å². The van der Waals surface area contributed by atoms with Crippen LogP contribution in [0.5, 0.6) is 11.5 Å². The summed E-state index contributed by atoms with van der Waals surface area (Å²) >= 11 is 0. The Bertz CT molecular complexity index is 614. The lowest BCUT2D eigenvalue weighted by molar-refractivity contribution is 0.174. The van der Waals surface area contributed by atoms with Crippen LogP contribution in [0.1, 0.15) is 0 Å². The molecular weight excluding hydrogens is 224 g/mol. The lowest BCUT2D eigenvalue weighted by Gasteiger charge is -1.97. The van der Waals surface area contributed by atoms with Crippen molar-refractivity contribution in [2.75, 3.05) is 6.79 Å². The van der Waals surface area contributed by atoms with Crippen LogP contribution in [0.3, 0.4) is 0 Å². The highest BCUT2D eigenvalue weighted by Crippen LogP contribution is 2.36. The number of isocyanates is 1. The molecule has 1 aromatic heterocycles. The van der Waals surface area contributed by atoms with Crippen molar-refractivity contribution in [3.05, 3.63) is 24.3 Å². The van der Waals surface area contributed by atoms with Gasteiger partial charge in [-0.05, 0) is 18.2 Å². The number of benzene rings is 1. The number of fused-ring (bicyclic) bond motifs is 1. The molecule has 1 aliphatic heterocycles. The van der Waals surface area contributed by atoms with Gasteiger partial charge in [-0.25, -0.2) is 4.79 Å². The number of ether oxygens (including phenoxy) is 2. The summed E-state index contributed by atoms with van der Waals surface area (Å²) in [6.45, 7) is 0.218. The van der Waals surface area contributed by atoms with Crippen LogP contribution >= 0.6 is 0 Å². The summed E-state index contributed by atoms with van der Waals surface area (Å²) in [5, 5.41) is 3.60. The molecule has 3 rings (SSSR count). The van der Waals surface area contributed by atoms with Crippen LogP contribution in [-0.4, -0.2) is 18.0 Å². The Morgan fingerprint density at radius 2 is 2.12 bits per heavy atom. The van der Waals surface area contributed by atoms with Gasteiger partial charge in [0, 0.05) is 11.6 Å². The highest BCUT2D eigenvalue weighted by atomic mass is 16.7. The third-order valence-corrected chi connectivity index (χ3v) is 2.31. The number of rotatable bonds is 2. The molecule has 0 bridgehead atoms. The average Bonchev–Trinajstić information content (AvgIpc) is 2.96. The van der Waals surface area contributed by atoms with Crippen LogP contribution in [-0.2, 0) is 4.79 Å². The highest BCUT2D eigenvalue weighted by molar-refractivity contribution is 5.65. The average molecular weight is 230 g/mol. The number of carbonyl (C=O) groups excluding carboxylic acids is 1. The fourth-order valence-electron chi connectivity index (χ4n) is 1.55. The molecule has 0 N–H and O–H groups in total. The van der Waals surface area contributed by atoms with E-state index in [0.717, 1.165) is 5.56 Å². The van der Waals surface area contributed by atoms with Crippen LogP contribution in [0.25, 0.3) is 11.3 Å². The van der Waals surface area contributed by atoms with E-state index >= 15 is 0 Å². The zero-order valence-electron chi connectivity index (χ0n) is 8.54. The van der Waals surface area contributed by atoms with E-state index in [1.807, 2.05) is 6.07 Å². The van der Waals surface area contributed by atoms with Crippen LogP contribution in [0.4, 0.5) is 5.82 Å². The molecule has 2 heterocycles. The molecule has 0 atom stereocenters. The van der Waals surface area contributed by atoms with Crippen LogP contribution in [0.2, 0.25) is 0 Å². The molecule has 0 fully saturated rings. The second-order valence-electron chi connectivity index (χ2n) is 3.32. The molecule has 0 amide bonds. The minimum Gasteiger partial charge on any atom is -0.454 e. The van der Waals surface area contributed by atoms with Crippen molar-refractivity contribution in [3.63, 3.8) is 0 Å². The van der Waals surface area contributed by atoms with Gasteiger partial charge in [0.05, 0.1) is 0 Å². The minimum absolute atomic E-state index is 0.188. The molecule has 0 saturated heterocycles. The van der Waals surface area contributed by atoms with Gasteiger partial charge < -0.3 is 14.0 Å². The lowest BCUT2D eigenvalue weighted by Crippen LogP contribution is -1.92. The summed E-state index contributed by atoms with van der Waals surface area (Å²) < 4.78 is 15.5. The van der Waals surface area contributed by atoms with Crippen molar-refractivity contribution in [1.82, 2.24) is 5.16 Å². The van der Waals surface area contributed by atoms with E-state index in [4.69, 9.17) is 14.0 Å². The zero-order chi connectivity index (χ0) is 11.7. The van der Waals surface area contributed by atoms with Crippen molar-refractivity contribution in [2.45, 2.75) is 0 Å². The summed E-state index contributed by atoms with van der Waals surface area (Å²) in [5.74, 6) is 2.03. The van der Waals surface area contributed by atoms with Gasteiger partial charge in [0.1, 0.15) is 0 Å². The van der Waals surface area contributed by atoms with E-state index in [1.165, 1.54) is 6.08 Å². The molecule has 1 aliphatic rings. The SMILES string of the molecule is O=C=Nc1cc(-c2ccc3c(c2)OCO3)on1. The first-order chi connectivity index (χ1) is 8.36. The Kier molecular flexibility index (Phi) is 2.13. The maximum absolute atomic E-state index is 10.1. The Labute approximate surface area is 95.5 Å². The summed E-state index contributed by atoms with van der Waals surface area (Å²) in [6.07, 6.45) is 1.40. The van der Waals surface area contributed by atoms with Crippen LogP contribution in [0.15, 0.2) is 33.8 Å². The normalized spacial score (nSPS) is 12.2. The van der Waals surface area contributed by atoms with Crippen LogP contribution in [0, 0.1) is 0 Å². The van der Waals surface area contributed by atoms with Gasteiger partial charge in [-0.1, -0.05) is 5.16 Å². The van der Waals surface area contributed by atoms with E-state index < -0.39 is 0 Å². The molecule has 6 nitrogen and oxygen atoms in total. The molecule has 1 aromatic carbocycles. The van der Waals surface area contributed by atoms with Gasteiger partial charge >= 0.3 is 0 Å². The first kappa shape index (κ1) is 9.62. The predicted octanol–water partition coefficient (Wildman–Crippen LogP) is 2.04. The number of hydrogen-bond donors (Lipinski definition) is 0. The summed E-state index contributed by atoms with van der Waals surface area (Å²) in [7, 11) is 0. The molecule has 2 aromatic rings. The zero-order valence-corrected chi connectivity index (χ0v) is 8.54. The minimum atomic E-state index is 0.188. The molecule has 0 unspecified atom stereocenters. The predicted molar refractivity (Wildman–Crippen MR) is 55.8 cm³/mol. The van der Waals surface area contributed by atoms with E-state index in [1.54, 1.807) is 18.2 Å². The quantitative estimate of drug-likeness (QED) is 0.583. The topological polar surface area (TPSA) is 73.9 Å². The van der Waals surface area contributed by atoms with Crippen molar-refractivity contribution in [1.29, 1.82) is 0 Å². The van der Waals surface area contributed by atoms with Gasteiger partial charge in [-0.3, -0.25) is 0 Å². The molecule has 84 valence electrons. The Morgan fingerprint density at radius 1 is 1.24 bits per heavy atom. The smallest absolute Gasteiger partial charge is 0.242 e. The highest BCUT2D eigenvalue weighted by Gasteiger charge is 2.15. The van der Waals surface area contributed by atoms with Crippen molar-refractivity contribution >= 4 is 11.9 Å². The molecule has 0 radical (unpaired) electrons. The molecule has 0 saturated carbocycles. The second-order valence-corrected chi connectivity index (χ2v) is 3.32. The van der Waals surface area contributed by atoms with E-state index in [9.17, 15) is 4.79 Å². The summed E-state index contributed by atoms with van der Waals surface area (Å²) in [5.41, 5.74) is 0.772. The first-order valence-corrected chi connectivity index (χ1v) is 4.81. The van der Waals surface area contributed by atoms with Gasteiger partial charge in [-0.15, -0.1) is 4.99 Å². The van der Waals surface area contributed by atoms with E-state index in [0.29, 0.717) is 17.3 Å². The first-order valence-electron chi connectivity index (χ1n) is 4.81. The second kappa shape index (κ2) is 3.77. The number of aromatic nitrogens is 1. The van der Waals surface area contributed by atoms with Crippen molar-refractivity contribution in [3.8, 4) is 22.8 Å². The standard InChI is InChI=1S/C11H6N2O4/c14-5-12-11-4-9(17-13-11)7-1-2-8-10(3-7)16-6-15-8/h1-4H,6H2. The van der Waals surface area contributed by atoms with E-state index in [-0.39, 0.29) is 12.6 Å². The third-order valence-electron chi connectivity index (χ3n) is 2.31. The van der Waals surface area contributed by atoms with E-state index in [2.05, 4.69) is 10.1 Å². The number of hydrogen-bond acceptors (Lipinski definition) is 6. The molecule has 0 spiro atoms. The fourth-order valence-corrected chi connectivity index (χ4v) is 1.55. The van der Waals surface area contributed by atoms with Gasteiger partial charge in [0.2, 0.25) is 18.7 Å². The molecule has 6 heteroatoms. The third kappa shape index (κ3) is 1.66. The van der Waals surface area contributed by atoms with Crippen molar-refractivity contribution < 1.29 is 18.8 Å². The van der Waals surface area contributed by atoms with Gasteiger partial charge in [-0.2, -0.15) is 0 Å². The van der Waals surface area contributed by atoms with Crippen LogP contribution < -0.4 is 9.47 Å². The maximum atomic E-state index is 10.1. The largest absolute Gasteiger partial charge is 0.454 e. The summed E-state index contributed by atoms with van der Waals surface area (Å²) in [6, 6.07) is 6.91. The van der Waals surface area contributed by atoms with Crippen molar-refractivity contribution in [2.24, 2.45) is 4.99 Å². The lowest BCUT2D eigenvalue weighted by atomic mass is 10.1. The molecule has 0 aliphatic carbocycles. The fraction of sp³-hybridized carbons (Fsp3) is 0.0909. The maximum Gasteiger partial charge on any atom is 0.242 e. The summed E-state index contributed by atoms with van der Waals surface area (Å²) in [4.78, 5) is 13.4. The van der Waals surface area contributed by atoms with Gasteiger partial charge in [0.25, 0.3) is 0 Å². The molecule has 17 heavy (non-hydrogen) atoms.